The van der Waals surface area contributed by atoms with Crippen LogP contribution in [0.25, 0.3) is 0 Å². The second-order valence-corrected chi connectivity index (χ2v) is 6.60. The highest BCUT2D eigenvalue weighted by atomic mass is 127. The van der Waals surface area contributed by atoms with E-state index in [2.05, 4.69) is 40.8 Å². The number of nitrogens with one attached hydrogen (secondary N) is 1. The highest BCUT2D eigenvalue weighted by Crippen LogP contribution is 2.28. The van der Waals surface area contributed by atoms with E-state index in [1.54, 1.807) is 0 Å². The first-order valence-corrected chi connectivity index (χ1v) is 9.09. The summed E-state index contributed by atoms with van der Waals surface area (Å²) in [6.07, 6.45) is 5.65. The number of aromatic nitrogens is 3. The van der Waals surface area contributed by atoms with Crippen molar-refractivity contribution < 1.29 is 0 Å². The number of likely N-dealkylation sites (tertiary alicyclic amines) is 1. The minimum atomic E-state index is 0. The molecule has 0 bridgehead atoms. The van der Waals surface area contributed by atoms with Gasteiger partial charge in [-0.1, -0.05) is 32.8 Å². The van der Waals surface area contributed by atoms with Crippen molar-refractivity contribution in [1.29, 1.82) is 0 Å². The van der Waals surface area contributed by atoms with Crippen molar-refractivity contribution in [2.24, 2.45) is 23.9 Å². The molecule has 0 aliphatic carbocycles. The molecule has 1 N–H and O–H groups in total. The Labute approximate surface area is 169 Å². The van der Waals surface area contributed by atoms with Crippen LogP contribution in [0.1, 0.15) is 44.8 Å². The molecule has 2 heterocycles. The lowest BCUT2D eigenvalue weighted by molar-refractivity contribution is 0.319. The maximum absolute atomic E-state index is 4.79. The van der Waals surface area contributed by atoms with Gasteiger partial charge in [-0.25, -0.2) is 4.99 Å². The fraction of sp³-hybridized carbons (Fsp3) is 0.722. The van der Waals surface area contributed by atoms with Gasteiger partial charge in [0.2, 0.25) is 0 Å². The minimum absolute atomic E-state index is 0. The summed E-state index contributed by atoms with van der Waals surface area (Å²) >= 11 is 0. The number of hydrogen-bond donors (Lipinski definition) is 1. The number of hydrogen-bond acceptors (Lipinski definition) is 3. The van der Waals surface area contributed by atoms with Crippen LogP contribution in [0.3, 0.4) is 0 Å². The van der Waals surface area contributed by atoms with E-state index >= 15 is 0 Å². The molecule has 1 aliphatic rings. The van der Waals surface area contributed by atoms with Crippen LogP contribution in [0.5, 0.6) is 0 Å². The van der Waals surface area contributed by atoms with Crippen LogP contribution >= 0.6 is 24.0 Å². The largest absolute Gasteiger partial charge is 0.353 e. The summed E-state index contributed by atoms with van der Waals surface area (Å²) < 4.78 is 1.99. The molecule has 1 fully saturated rings. The van der Waals surface area contributed by atoms with E-state index < -0.39 is 0 Å². The molecule has 1 unspecified atom stereocenters. The number of guanidine groups is 1. The standard InChI is InChI=1S/C18H32N6.HI/c1-6-10-19-18(20-12-17-22-21-14(4)23(17)5)24-11-9-16(13-24)15(7-2)8-3;/h6,15-16H,1,7-13H2,2-5H3,(H,19,20);1H. The van der Waals surface area contributed by atoms with Crippen molar-refractivity contribution in [1.82, 2.24) is 25.0 Å². The fourth-order valence-corrected chi connectivity index (χ4v) is 3.49. The zero-order valence-electron chi connectivity index (χ0n) is 16.0. The Balaban J connectivity index is 0.00000312. The zero-order valence-corrected chi connectivity index (χ0v) is 18.4. The van der Waals surface area contributed by atoms with Crippen molar-refractivity contribution in [3.8, 4) is 0 Å². The Hall–Kier alpha value is -1.12. The predicted octanol–water partition coefficient (Wildman–Crippen LogP) is 3.13. The van der Waals surface area contributed by atoms with E-state index in [0.717, 1.165) is 49.1 Å². The molecular formula is C18H33IN6. The molecule has 0 amide bonds. The lowest BCUT2D eigenvalue weighted by atomic mass is 9.87. The highest BCUT2D eigenvalue weighted by Gasteiger charge is 2.29. The van der Waals surface area contributed by atoms with E-state index in [1.165, 1.54) is 19.3 Å². The van der Waals surface area contributed by atoms with Crippen LogP contribution in [0.15, 0.2) is 17.6 Å². The van der Waals surface area contributed by atoms with Gasteiger partial charge >= 0.3 is 0 Å². The number of rotatable bonds is 7. The summed E-state index contributed by atoms with van der Waals surface area (Å²) in [7, 11) is 1.98. The number of halogens is 1. The molecule has 1 atom stereocenters. The molecule has 1 saturated heterocycles. The van der Waals surface area contributed by atoms with Gasteiger partial charge in [0.15, 0.2) is 11.8 Å². The van der Waals surface area contributed by atoms with Gasteiger partial charge in [-0.15, -0.1) is 40.8 Å². The SMILES string of the molecule is C=CCNC(=NCc1nnc(C)n1C)N1CCC(C(CC)CC)C1.I. The average Bonchev–Trinajstić information content (AvgIpc) is 3.18. The van der Waals surface area contributed by atoms with Gasteiger partial charge in [0, 0.05) is 26.7 Å². The summed E-state index contributed by atoms with van der Waals surface area (Å²) in [6.45, 7) is 13.8. The average molecular weight is 460 g/mol. The van der Waals surface area contributed by atoms with Crippen LogP contribution in [0.2, 0.25) is 0 Å². The van der Waals surface area contributed by atoms with Crippen LogP contribution in [-0.4, -0.2) is 45.3 Å². The Morgan fingerprint density at radius 2 is 2.12 bits per heavy atom. The van der Waals surface area contributed by atoms with Gasteiger partial charge in [-0.2, -0.15) is 0 Å². The Morgan fingerprint density at radius 3 is 2.68 bits per heavy atom. The molecule has 0 radical (unpaired) electrons. The van der Waals surface area contributed by atoms with Gasteiger partial charge in [0.05, 0.1) is 0 Å². The molecule has 7 heteroatoms. The zero-order chi connectivity index (χ0) is 17.5. The number of aliphatic imine (C=N–C) groups is 1. The van der Waals surface area contributed by atoms with E-state index in [-0.39, 0.29) is 24.0 Å². The Bertz CT molecular complexity index is 564. The summed E-state index contributed by atoms with van der Waals surface area (Å²) in [5.74, 6) is 4.35. The molecule has 25 heavy (non-hydrogen) atoms. The number of nitrogens with zero attached hydrogens (tertiary/aromatic N) is 5. The lowest BCUT2D eigenvalue weighted by Crippen LogP contribution is -2.40. The predicted molar refractivity (Wildman–Crippen MR) is 114 cm³/mol. The Morgan fingerprint density at radius 1 is 1.40 bits per heavy atom. The third-order valence-corrected chi connectivity index (χ3v) is 5.20. The van der Waals surface area contributed by atoms with Crippen LogP contribution < -0.4 is 5.32 Å². The minimum Gasteiger partial charge on any atom is -0.353 e. The molecule has 1 aromatic heterocycles. The van der Waals surface area contributed by atoms with Crippen molar-refractivity contribution in [3.05, 3.63) is 24.3 Å². The van der Waals surface area contributed by atoms with Gasteiger partial charge in [-0.05, 0) is 25.2 Å². The van der Waals surface area contributed by atoms with E-state index in [1.807, 2.05) is 24.6 Å². The lowest BCUT2D eigenvalue weighted by Gasteiger charge is -2.24. The first kappa shape index (κ1) is 21.9. The van der Waals surface area contributed by atoms with Crippen molar-refractivity contribution in [2.75, 3.05) is 19.6 Å². The monoisotopic (exact) mass is 460 g/mol. The summed E-state index contributed by atoms with van der Waals surface area (Å²) in [5, 5.41) is 11.7. The van der Waals surface area contributed by atoms with Crippen molar-refractivity contribution >= 4 is 29.9 Å². The van der Waals surface area contributed by atoms with Crippen LogP contribution in [-0.2, 0) is 13.6 Å². The molecule has 6 nitrogen and oxygen atoms in total. The molecule has 0 saturated carbocycles. The van der Waals surface area contributed by atoms with Gasteiger partial charge in [-0.3, -0.25) is 0 Å². The first-order chi connectivity index (χ1) is 11.6. The fourth-order valence-electron chi connectivity index (χ4n) is 3.49. The van der Waals surface area contributed by atoms with E-state index in [9.17, 15) is 0 Å². The van der Waals surface area contributed by atoms with E-state index in [4.69, 9.17) is 4.99 Å². The second-order valence-electron chi connectivity index (χ2n) is 6.60. The molecule has 0 aromatic carbocycles. The number of aryl methyl sites for hydroxylation is 1. The third-order valence-electron chi connectivity index (χ3n) is 5.20. The maximum atomic E-state index is 4.79. The van der Waals surface area contributed by atoms with Gasteiger partial charge in [0.1, 0.15) is 12.4 Å². The molecule has 0 spiro atoms. The first-order valence-electron chi connectivity index (χ1n) is 9.09. The summed E-state index contributed by atoms with van der Waals surface area (Å²) in [6, 6.07) is 0. The molecule has 2 rings (SSSR count). The van der Waals surface area contributed by atoms with E-state index in [0.29, 0.717) is 6.54 Å². The molecule has 1 aliphatic heterocycles. The Kier molecular flexibility index (Phi) is 9.45. The molecular weight excluding hydrogens is 427 g/mol. The van der Waals surface area contributed by atoms with Gasteiger partial charge in [0.25, 0.3) is 0 Å². The maximum Gasteiger partial charge on any atom is 0.194 e. The summed E-state index contributed by atoms with van der Waals surface area (Å²) in [4.78, 5) is 7.18. The normalized spacial score (nSPS) is 17.7. The summed E-state index contributed by atoms with van der Waals surface area (Å²) in [5.41, 5.74) is 0. The highest BCUT2D eigenvalue weighted by molar-refractivity contribution is 14.0. The quantitative estimate of drug-likeness (QED) is 0.294. The van der Waals surface area contributed by atoms with Crippen LogP contribution in [0.4, 0.5) is 0 Å². The molecule has 142 valence electrons. The second kappa shape index (κ2) is 10.8. The topological polar surface area (TPSA) is 58.3 Å². The van der Waals surface area contributed by atoms with Gasteiger partial charge < -0.3 is 14.8 Å². The smallest absolute Gasteiger partial charge is 0.194 e. The molecule has 1 aromatic rings. The van der Waals surface area contributed by atoms with Crippen molar-refractivity contribution in [3.63, 3.8) is 0 Å². The third kappa shape index (κ3) is 5.69. The van der Waals surface area contributed by atoms with Crippen molar-refractivity contribution in [2.45, 2.75) is 46.6 Å². The van der Waals surface area contributed by atoms with Crippen LogP contribution in [0, 0.1) is 18.8 Å².